The summed E-state index contributed by atoms with van der Waals surface area (Å²) >= 11 is 6.15. The summed E-state index contributed by atoms with van der Waals surface area (Å²) < 4.78 is 71.0. The molecule has 2 unspecified atom stereocenters. The van der Waals surface area contributed by atoms with Gasteiger partial charge in [-0.25, -0.2) is 4.98 Å². The number of aromatic nitrogens is 4. The Morgan fingerprint density at radius 1 is 1.02 bits per heavy atom. The highest BCUT2D eigenvalue weighted by atomic mass is 35.5. The largest absolute Gasteiger partial charge is 0.417 e. The van der Waals surface area contributed by atoms with Gasteiger partial charge < -0.3 is 34.9 Å². The zero-order chi connectivity index (χ0) is 30.6. The third kappa shape index (κ3) is 6.32. The van der Waals surface area contributed by atoms with Gasteiger partial charge in [0.2, 0.25) is 12.7 Å². The number of halogens is 4. The second-order valence-corrected chi connectivity index (χ2v) is 14.6. The summed E-state index contributed by atoms with van der Waals surface area (Å²) in [5.74, 6) is -1.21. The minimum atomic E-state index is -4.77. The van der Waals surface area contributed by atoms with Crippen molar-refractivity contribution in [2.75, 3.05) is 17.4 Å². The lowest BCUT2D eigenvalue weighted by atomic mass is 10.0. The van der Waals surface area contributed by atoms with Crippen molar-refractivity contribution in [1.82, 2.24) is 19.5 Å². The van der Waals surface area contributed by atoms with Crippen LogP contribution in [0.1, 0.15) is 18.2 Å². The minimum absolute atomic E-state index is 0.0249. The molecule has 5 rings (SSSR count). The van der Waals surface area contributed by atoms with Gasteiger partial charge in [-0.3, -0.25) is 13.7 Å². The first-order valence-corrected chi connectivity index (χ1v) is 16.4. The Bertz CT molecular complexity index is 1750. The predicted molar refractivity (Wildman–Crippen MR) is 145 cm³/mol. The molecule has 1 aliphatic heterocycles. The molecule has 1 saturated heterocycles. The van der Waals surface area contributed by atoms with Crippen LogP contribution in [0.5, 0.6) is 0 Å². The van der Waals surface area contributed by atoms with Gasteiger partial charge in [-0.1, -0.05) is 24.3 Å². The van der Waals surface area contributed by atoms with Gasteiger partial charge in [0.15, 0.2) is 23.2 Å². The van der Waals surface area contributed by atoms with Crippen LogP contribution in [0, 0.1) is 0 Å². The van der Waals surface area contributed by atoms with Crippen LogP contribution in [0.15, 0.2) is 42.7 Å². The van der Waals surface area contributed by atoms with Gasteiger partial charge in [-0.2, -0.15) is 23.1 Å². The summed E-state index contributed by atoms with van der Waals surface area (Å²) in [6.07, 6.45) is -9.88. The Hall–Kier alpha value is -2.65. The lowest BCUT2D eigenvalue weighted by molar-refractivity contribution is -0.136. The molecule has 3 heterocycles. The highest BCUT2D eigenvalue weighted by Gasteiger charge is 2.45. The standard InChI is InChI=1S/C23H23ClF3N5O8P2/c24-22-30-19(29-14-6-5-13(23(25,26)27)11-3-1-2-4-12(11)14)16-20(31-22)32(9-28-16)21-18(34)17(33)15(40-21)7-8-41(35,36)10-42(37,38)39/h1-6,9,15,17-18,21,33-34H,7-8,10H2,(H,35,36)(H,29,30,31)(H2,37,38,39)/t15-,17?,18+,21-/m1/s1. The fraction of sp³-hybridized carbons (Fsp3) is 0.348. The lowest BCUT2D eigenvalue weighted by Gasteiger charge is -2.18. The van der Waals surface area contributed by atoms with E-state index < -0.39 is 63.3 Å². The number of nitrogens with zero attached hydrogens (tertiary/aromatic N) is 4. The number of imidazole rings is 1. The molecule has 0 aliphatic carbocycles. The number of fused-ring (bicyclic) bond motifs is 2. The Kier molecular flexibility index (Phi) is 8.16. The predicted octanol–water partition coefficient (Wildman–Crippen LogP) is 3.81. The molecule has 2 aromatic heterocycles. The van der Waals surface area contributed by atoms with Crippen molar-refractivity contribution in [3.05, 3.63) is 53.6 Å². The Labute approximate surface area is 239 Å². The van der Waals surface area contributed by atoms with Crippen LogP contribution in [0.4, 0.5) is 24.7 Å². The van der Waals surface area contributed by atoms with Gasteiger partial charge >= 0.3 is 13.8 Å². The minimum Gasteiger partial charge on any atom is -0.388 e. The molecule has 1 fully saturated rings. The molecular weight excluding hydrogens is 629 g/mol. The molecule has 226 valence electrons. The fourth-order valence-corrected chi connectivity index (χ4v) is 8.52. The summed E-state index contributed by atoms with van der Waals surface area (Å²) in [6, 6.07) is 8.06. The quantitative estimate of drug-likeness (QED) is 0.119. The van der Waals surface area contributed by atoms with Crippen molar-refractivity contribution in [3.8, 4) is 0 Å². The lowest BCUT2D eigenvalue weighted by Crippen LogP contribution is -2.32. The zero-order valence-corrected chi connectivity index (χ0v) is 23.7. The van der Waals surface area contributed by atoms with Crippen molar-refractivity contribution in [3.63, 3.8) is 0 Å². The maximum atomic E-state index is 13.6. The smallest absolute Gasteiger partial charge is 0.388 e. The van der Waals surface area contributed by atoms with E-state index in [2.05, 4.69) is 20.3 Å². The van der Waals surface area contributed by atoms with E-state index in [9.17, 15) is 37.4 Å². The van der Waals surface area contributed by atoms with E-state index in [4.69, 9.17) is 26.1 Å². The number of hydrogen-bond donors (Lipinski definition) is 6. The monoisotopic (exact) mass is 651 g/mol. The molecule has 1 aliphatic rings. The molecule has 2 aromatic carbocycles. The molecule has 0 bridgehead atoms. The van der Waals surface area contributed by atoms with Gasteiger partial charge in [0.05, 0.1) is 18.0 Å². The molecule has 6 N–H and O–H groups in total. The number of benzene rings is 2. The average molecular weight is 652 g/mol. The summed E-state index contributed by atoms with van der Waals surface area (Å²) in [4.78, 5) is 40.4. The molecule has 5 atom stereocenters. The first kappa shape index (κ1) is 30.8. The molecule has 0 amide bonds. The number of nitrogens with one attached hydrogen (secondary N) is 1. The molecular formula is C23H23ClF3N5O8P2. The molecule has 0 radical (unpaired) electrons. The fourth-order valence-electron chi connectivity index (χ4n) is 4.83. The van der Waals surface area contributed by atoms with Crippen LogP contribution >= 0.6 is 26.6 Å². The zero-order valence-electron chi connectivity index (χ0n) is 21.1. The van der Waals surface area contributed by atoms with Gasteiger partial charge in [0.25, 0.3) is 0 Å². The highest BCUT2D eigenvalue weighted by molar-refractivity contribution is 7.72. The number of rotatable bonds is 8. The van der Waals surface area contributed by atoms with Gasteiger partial charge in [-0.15, -0.1) is 0 Å². The van der Waals surface area contributed by atoms with Crippen LogP contribution in [-0.2, 0) is 20.0 Å². The van der Waals surface area contributed by atoms with Gasteiger partial charge in [0.1, 0.15) is 18.1 Å². The first-order chi connectivity index (χ1) is 19.5. The molecule has 0 saturated carbocycles. The Morgan fingerprint density at radius 3 is 2.38 bits per heavy atom. The molecule has 13 nitrogen and oxygen atoms in total. The number of aliphatic hydroxyl groups excluding tert-OH is 2. The summed E-state index contributed by atoms with van der Waals surface area (Å²) in [5, 5.41) is 24.1. The van der Waals surface area contributed by atoms with Gasteiger partial charge in [0, 0.05) is 17.2 Å². The van der Waals surface area contributed by atoms with Crippen molar-refractivity contribution in [2.45, 2.75) is 37.1 Å². The van der Waals surface area contributed by atoms with Crippen LogP contribution in [0.2, 0.25) is 5.28 Å². The van der Waals surface area contributed by atoms with Crippen LogP contribution in [0.3, 0.4) is 0 Å². The second kappa shape index (κ2) is 11.1. The van der Waals surface area contributed by atoms with E-state index in [0.717, 1.165) is 6.07 Å². The van der Waals surface area contributed by atoms with Crippen molar-refractivity contribution in [2.24, 2.45) is 0 Å². The second-order valence-electron chi connectivity index (χ2n) is 9.71. The number of aliphatic hydroxyl groups is 2. The van der Waals surface area contributed by atoms with E-state index >= 15 is 0 Å². The molecule has 0 spiro atoms. The van der Waals surface area contributed by atoms with Crippen LogP contribution in [0.25, 0.3) is 21.9 Å². The van der Waals surface area contributed by atoms with Crippen LogP contribution < -0.4 is 5.32 Å². The van der Waals surface area contributed by atoms with Crippen molar-refractivity contribution in [1.29, 1.82) is 0 Å². The third-order valence-corrected chi connectivity index (χ3v) is 11.0. The van der Waals surface area contributed by atoms with Crippen LogP contribution in [-0.4, -0.2) is 74.8 Å². The van der Waals surface area contributed by atoms with E-state index in [0.29, 0.717) is 0 Å². The Balaban J connectivity index is 1.44. The third-order valence-electron chi connectivity index (χ3n) is 6.66. The number of alkyl halides is 3. The van der Waals surface area contributed by atoms with E-state index in [1.807, 2.05) is 0 Å². The number of ether oxygens (including phenoxy) is 1. The van der Waals surface area contributed by atoms with E-state index in [1.54, 1.807) is 6.07 Å². The van der Waals surface area contributed by atoms with Gasteiger partial charge in [-0.05, 0) is 35.5 Å². The molecule has 19 heteroatoms. The molecule has 42 heavy (non-hydrogen) atoms. The van der Waals surface area contributed by atoms with Crippen molar-refractivity contribution < 1.29 is 51.9 Å². The average Bonchev–Trinajstić information content (AvgIpc) is 3.41. The SMILES string of the molecule is O=P(O)(O)CP(=O)(O)CC[C@H]1O[C@@H](n2cnc3c(Nc4ccc(C(F)(F)F)c5ccccc45)nc(Cl)nc32)[C@@H](O)C1O. The maximum Gasteiger partial charge on any atom is 0.417 e. The first-order valence-electron chi connectivity index (χ1n) is 12.2. The summed E-state index contributed by atoms with van der Waals surface area (Å²) in [7, 11) is -9.05. The van der Waals surface area contributed by atoms with E-state index in [-0.39, 0.29) is 45.1 Å². The normalized spacial score (nSPS) is 23.0. The topological polar surface area (TPSA) is 200 Å². The highest BCUT2D eigenvalue weighted by Crippen LogP contribution is 2.55. The summed E-state index contributed by atoms with van der Waals surface area (Å²) in [6.45, 7) is 0. The molecule has 4 aromatic rings. The Morgan fingerprint density at radius 2 is 1.71 bits per heavy atom. The maximum absolute atomic E-state index is 13.6. The van der Waals surface area contributed by atoms with E-state index in [1.165, 1.54) is 35.2 Å². The number of hydrogen-bond acceptors (Lipinski definition) is 9. The van der Waals surface area contributed by atoms with Crippen molar-refractivity contribution >= 4 is 60.0 Å². The summed E-state index contributed by atoms with van der Waals surface area (Å²) in [5.41, 5.74) is -0.433. The number of anilines is 2.